The van der Waals surface area contributed by atoms with Gasteiger partial charge >= 0.3 is 0 Å². The Morgan fingerprint density at radius 1 is 1.16 bits per heavy atom. The van der Waals surface area contributed by atoms with Crippen LogP contribution in [0.2, 0.25) is 0 Å². The maximum Gasteiger partial charge on any atom is 0.223 e. The lowest BCUT2D eigenvalue weighted by molar-refractivity contribution is -0.126. The van der Waals surface area contributed by atoms with Gasteiger partial charge in [0.25, 0.3) is 0 Å². The fraction of sp³-hybridized carbons (Fsp3) is 0.720. The van der Waals surface area contributed by atoms with Crippen LogP contribution in [0.5, 0.6) is 0 Å². The zero-order chi connectivity index (χ0) is 22.5. The second-order valence-corrected chi connectivity index (χ2v) is 10.9. The summed E-state index contributed by atoms with van der Waals surface area (Å²) >= 11 is 1.76. The van der Waals surface area contributed by atoms with Gasteiger partial charge in [-0.05, 0) is 50.5 Å². The lowest BCUT2D eigenvalue weighted by Gasteiger charge is -2.34. The number of nitrogens with zero attached hydrogens (tertiary/aromatic N) is 4. The highest BCUT2D eigenvalue weighted by Crippen LogP contribution is 2.30. The molecule has 1 aliphatic carbocycles. The zero-order valence-corrected chi connectivity index (χ0v) is 20.7. The quantitative estimate of drug-likeness (QED) is 0.589. The van der Waals surface area contributed by atoms with Gasteiger partial charge < -0.3 is 14.8 Å². The monoisotopic (exact) mass is 457 g/mol. The second-order valence-electron chi connectivity index (χ2n) is 9.90. The number of carbonyl (C=O) groups is 1. The minimum Gasteiger partial charge on any atom is -0.348 e. The Morgan fingerprint density at radius 3 is 2.56 bits per heavy atom. The van der Waals surface area contributed by atoms with Gasteiger partial charge in [-0.2, -0.15) is 0 Å². The maximum atomic E-state index is 12.9. The molecular weight excluding hydrogens is 418 g/mol. The lowest BCUT2D eigenvalue weighted by atomic mass is 9.88. The molecule has 6 nitrogen and oxygen atoms in total. The molecule has 0 bridgehead atoms. The summed E-state index contributed by atoms with van der Waals surface area (Å²) in [5.41, 5.74) is 0. The molecule has 1 N–H and O–H groups in total. The molecule has 1 aliphatic heterocycles. The Kier molecular flexibility index (Phi) is 8.00. The Bertz CT molecular complexity index is 848. The number of thiophene rings is 1. The molecule has 2 fully saturated rings. The summed E-state index contributed by atoms with van der Waals surface area (Å²) in [7, 11) is 0. The zero-order valence-electron chi connectivity index (χ0n) is 19.9. The van der Waals surface area contributed by atoms with E-state index < -0.39 is 0 Å². The standard InChI is InChI=1S/C25H39N5OS/c1-18(2)24-28-27-19(3)30(24)21-11-14-29(15-12-21)16-13-22(23-10-7-17-32-23)26-25(31)20-8-5-4-6-9-20/h7,10,17-18,20-22H,4-6,8-9,11-16H2,1-3H3,(H,26,31)/t22-/m0/s1. The molecule has 0 spiro atoms. The fourth-order valence-corrected chi connectivity index (χ4v) is 6.19. The van der Waals surface area contributed by atoms with Crippen LogP contribution in [-0.2, 0) is 4.79 Å². The number of carbonyl (C=O) groups excluding carboxylic acids is 1. The molecule has 176 valence electrons. The SMILES string of the molecule is Cc1nnc(C(C)C)n1C1CCN(CC[C@H](NC(=O)C2CCCCC2)c2cccs2)CC1. The molecule has 0 radical (unpaired) electrons. The van der Waals surface area contributed by atoms with Crippen LogP contribution in [-0.4, -0.2) is 45.2 Å². The highest BCUT2D eigenvalue weighted by molar-refractivity contribution is 7.10. The molecule has 3 heterocycles. The van der Waals surface area contributed by atoms with Crippen LogP contribution in [0.4, 0.5) is 0 Å². The van der Waals surface area contributed by atoms with E-state index in [1.165, 1.54) is 24.1 Å². The van der Waals surface area contributed by atoms with Crippen molar-refractivity contribution in [3.8, 4) is 0 Å². The van der Waals surface area contributed by atoms with Crippen LogP contribution in [0.3, 0.4) is 0 Å². The number of hydrogen-bond acceptors (Lipinski definition) is 5. The third-order valence-electron chi connectivity index (χ3n) is 7.24. The first-order valence-corrected chi connectivity index (χ1v) is 13.4. The molecule has 1 atom stereocenters. The molecule has 4 rings (SSSR count). The van der Waals surface area contributed by atoms with Gasteiger partial charge in [0.15, 0.2) is 0 Å². The predicted octanol–water partition coefficient (Wildman–Crippen LogP) is 5.24. The summed E-state index contributed by atoms with van der Waals surface area (Å²) in [6.45, 7) is 9.67. The minimum absolute atomic E-state index is 0.134. The third-order valence-corrected chi connectivity index (χ3v) is 8.23. The Labute approximate surface area is 196 Å². The number of piperidine rings is 1. The van der Waals surface area contributed by atoms with E-state index in [9.17, 15) is 4.79 Å². The van der Waals surface area contributed by atoms with Gasteiger partial charge in [0.05, 0.1) is 6.04 Å². The van der Waals surface area contributed by atoms with Crippen LogP contribution >= 0.6 is 11.3 Å². The normalized spacial score (nSPS) is 20.0. The Morgan fingerprint density at radius 2 is 1.91 bits per heavy atom. The van der Waals surface area contributed by atoms with Gasteiger partial charge in [0.1, 0.15) is 11.6 Å². The smallest absolute Gasteiger partial charge is 0.223 e. The van der Waals surface area contributed by atoms with E-state index in [0.717, 1.165) is 63.4 Å². The van der Waals surface area contributed by atoms with Gasteiger partial charge in [0, 0.05) is 42.4 Å². The van der Waals surface area contributed by atoms with Crippen LogP contribution < -0.4 is 5.32 Å². The van der Waals surface area contributed by atoms with Crippen molar-refractivity contribution in [3.05, 3.63) is 34.0 Å². The first kappa shape index (κ1) is 23.4. The number of rotatable bonds is 8. The van der Waals surface area contributed by atoms with Gasteiger partial charge in [-0.1, -0.05) is 39.2 Å². The van der Waals surface area contributed by atoms with E-state index in [1.807, 2.05) is 0 Å². The number of aryl methyl sites for hydroxylation is 1. The van der Waals surface area contributed by atoms with Crippen LogP contribution in [0.1, 0.15) is 99.7 Å². The maximum absolute atomic E-state index is 12.9. The second kappa shape index (κ2) is 10.9. The van der Waals surface area contributed by atoms with Crippen molar-refractivity contribution in [1.29, 1.82) is 0 Å². The summed E-state index contributed by atoms with van der Waals surface area (Å²) in [6, 6.07) is 4.90. The van der Waals surface area contributed by atoms with Crippen molar-refractivity contribution in [2.75, 3.05) is 19.6 Å². The van der Waals surface area contributed by atoms with E-state index in [2.05, 4.69) is 63.3 Å². The van der Waals surface area contributed by atoms with Crippen molar-refractivity contribution in [3.63, 3.8) is 0 Å². The van der Waals surface area contributed by atoms with Crippen molar-refractivity contribution in [1.82, 2.24) is 25.0 Å². The lowest BCUT2D eigenvalue weighted by Crippen LogP contribution is -2.39. The molecular formula is C25H39N5OS. The number of amides is 1. The molecule has 2 aromatic rings. The highest BCUT2D eigenvalue weighted by atomic mass is 32.1. The number of aromatic nitrogens is 3. The van der Waals surface area contributed by atoms with E-state index in [-0.39, 0.29) is 17.9 Å². The molecule has 1 amide bonds. The van der Waals surface area contributed by atoms with Crippen LogP contribution in [0, 0.1) is 12.8 Å². The average molecular weight is 458 g/mol. The largest absolute Gasteiger partial charge is 0.348 e. The number of likely N-dealkylation sites (tertiary alicyclic amines) is 1. The molecule has 2 aliphatic rings. The van der Waals surface area contributed by atoms with Crippen LogP contribution in [0.15, 0.2) is 17.5 Å². The Balaban J connectivity index is 1.31. The van der Waals surface area contributed by atoms with Crippen LogP contribution in [0.25, 0.3) is 0 Å². The van der Waals surface area contributed by atoms with Crippen molar-refractivity contribution < 1.29 is 4.79 Å². The summed E-state index contributed by atoms with van der Waals surface area (Å²) in [5.74, 6) is 3.03. The van der Waals surface area contributed by atoms with Gasteiger partial charge in [-0.15, -0.1) is 21.5 Å². The summed E-state index contributed by atoms with van der Waals surface area (Å²) in [6.07, 6.45) is 9.03. The summed E-state index contributed by atoms with van der Waals surface area (Å²) in [5, 5.41) is 14.3. The number of hydrogen-bond donors (Lipinski definition) is 1. The number of nitrogens with one attached hydrogen (secondary N) is 1. The highest BCUT2D eigenvalue weighted by Gasteiger charge is 2.27. The average Bonchev–Trinajstić information content (AvgIpc) is 3.47. The molecule has 0 unspecified atom stereocenters. The first-order chi connectivity index (χ1) is 15.5. The van der Waals surface area contributed by atoms with Crippen molar-refractivity contribution in [2.24, 2.45) is 5.92 Å². The van der Waals surface area contributed by atoms with E-state index in [4.69, 9.17) is 0 Å². The van der Waals surface area contributed by atoms with E-state index in [1.54, 1.807) is 11.3 Å². The third kappa shape index (κ3) is 5.60. The van der Waals surface area contributed by atoms with Gasteiger partial charge in [-0.25, -0.2) is 0 Å². The Hall–Kier alpha value is -1.73. The van der Waals surface area contributed by atoms with Crippen molar-refractivity contribution in [2.45, 2.75) is 90.1 Å². The molecule has 2 aromatic heterocycles. The van der Waals surface area contributed by atoms with Crippen molar-refractivity contribution >= 4 is 17.2 Å². The molecule has 7 heteroatoms. The van der Waals surface area contributed by atoms with E-state index in [0.29, 0.717) is 12.0 Å². The topological polar surface area (TPSA) is 63.1 Å². The fourth-order valence-electron chi connectivity index (χ4n) is 5.37. The molecule has 32 heavy (non-hydrogen) atoms. The molecule has 1 saturated heterocycles. The minimum atomic E-state index is 0.134. The van der Waals surface area contributed by atoms with Gasteiger partial charge in [0.2, 0.25) is 5.91 Å². The van der Waals surface area contributed by atoms with E-state index >= 15 is 0 Å². The summed E-state index contributed by atoms with van der Waals surface area (Å²) < 4.78 is 2.38. The molecule has 0 aromatic carbocycles. The van der Waals surface area contributed by atoms with Gasteiger partial charge in [-0.3, -0.25) is 4.79 Å². The molecule has 1 saturated carbocycles. The predicted molar refractivity (Wildman–Crippen MR) is 130 cm³/mol. The summed E-state index contributed by atoms with van der Waals surface area (Å²) in [4.78, 5) is 16.8. The first-order valence-electron chi connectivity index (χ1n) is 12.5.